The van der Waals surface area contributed by atoms with Crippen molar-refractivity contribution >= 4 is 17.5 Å². The van der Waals surface area contributed by atoms with Crippen molar-refractivity contribution in [2.75, 3.05) is 7.11 Å². The number of aromatic nitrogens is 4. The van der Waals surface area contributed by atoms with Crippen LogP contribution in [0, 0.1) is 19.8 Å². The molecule has 23 heavy (non-hydrogen) atoms. The number of hydrogen-bond donors (Lipinski definition) is 1. The molecule has 0 bridgehead atoms. The highest BCUT2D eigenvalue weighted by atomic mass is 16.5. The first kappa shape index (κ1) is 16.9. The van der Waals surface area contributed by atoms with Crippen LogP contribution >= 0.6 is 0 Å². The number of methoxy groups -OCH3 is 1. The molecular formula is C15H21N5O3. The third kappa shape index (κ3) is 3.64. The van der Waals surface area contributed by atoms with Gasteiger partial charge in [-0.05, 0) is 26.2 Å². The van der Waals surface area contributed by atoms with Crippen LogP contribution in [0.4, 0.5) is 0 Å². The van der Waals surface area contributed by atoms with Gasteiger partial charge in [0.15, 0.2) is 11.3 Å². The van der Waals surface area contributed by atoms with Crippen molar-refractivity contribution in [1.82, 2.24) is 25.1 Å². The Balaban J connectivity index is 2.28. The van der Waals surface area contributed by atoms with Crippen molar-refractivity contribution < 1.29 is 14.3 Å². The third-order valence-electron chi connectivity index (χ3n) is 3.44. The largest absolute Gasteiger partial charge is 0.467 e. The normalized spacial score (nSPS) is 12.4. The van der Waals surface area contributed by atoms with E-state index in [1.54, 1.807) is 17.5 Å². The van der Waals surface area contributed by atoms with Crippen LogP contribution < -0.4 is 5.32 Å². The van der Waals surface area contributed by atoms with Gasteiger partial charge in [-0.15, -0.1) is 10.2 Å². The number of esters is 1. The van der Waals surface area contributed by atoms with Crippen LogP contribution in [0.2, 0.25) is 0 Å². The van der Waals surface area contributed by atoms with E-state index in [0.717, 1.165) is 5.69 Å². The van der Waals surface area contributed by atoms with Crippen molar-refractivity contribution in [3.8, 4) is 0 Å². The molecule has 2 rings (SSSR count). The molecule has 2 aromatic rings. The highest BCUT2D eigenvalue weighted by Gasteiger charge is 2.25. The van der Waals surface area contributed by atoms with Crippen LogP contribution in [-0.4, -0.2) is 44.8 Å². The number of fused-ring (bicyclic) bond motifs is 1. The van der Waals surface area contributed by atoms with Gasteiger partial charge in [0.25, 0.3) is 5.91 Å². The molecule has 8 heteroatoms. The summed E-state index contributed by atoms with van der Waals surface area (Å²) in [7, 11) is 1.30. The van der Waals surface area contributed by atoms with Crippen LogP contribution in [0.15, 0.2) is 6.07 Å². The number of ether oxygens (including phenoxy) is 1. The molecule has 0 aliphatic heterocycles. The molecule has 0 fully saturated rings. The number of rotatable bonds is 5. The first-order valence-corrected chi connectivity index (χ1v) is 7.41. The average Bonchev–Trinajstić information content (AvgIpc) is 2.87. The van der Waals surface area contributed by atoms with Gasteiger partial charge in [0.05, 0.1) is 18.5 Å². The lowest BCUT2D eigenvalue weighted by atomic mass is 10.0. The van der Waals surface area contributed by atoms with Gasteiger partial charge in [-0.1, -0.05) is 13.8 Å². The van der Waals surface area contributed by atoms with E-state index in [-0.39, 0.29) is 11.6 Å². The Morgan fingerprint density at radius 2 is 2.00 bits per heavy atom. The van der Waals surface area contributed by atoms with Gasteiger partial charge in [-0.25, -0.2) is 9.31 Å². The summed E-state index contributed by atoms with van der Waals surface area (Å²) in [4.78, 5) is 24.3. The fourth-order valence-corrected chi connectivity index (χ4v) is 2.34. The zero-order valence-corrected chi connectivity index (χ0v) is 14.0. The Labute approximate surface area is 134 Å². The van der Waals surface area contributed by atoms with E-state index < -0.39 is 17.9 Å². The smallest absolute Gasteiger partial charge is 0.328 e. The van der Waals surface area contributed by atoms with E-state index in [4.69, 9.17) is 4.74 Å². The van der Waals surface area contributed by atoms with E-state index in [1.807, 2.05) is 20.8 Å². The fourth-order valence-electron chi connectivity index (χ4n) is 2.34. The van der Waals surface area contributed by atoms with Crippen LogP contribution in [0.25, 0.3) is 5.65 Å². The summed E-state index contributed by atoms with van der Waals surface area (Å²) in [6, 6.07) is 1.06. The molecule has 0 aromatic carbocycles. The predicted octanol–water partition coefficient (Wildman–Crippen LogP) is 1.06. The van der Waals surface area contributed by atoms with Crippen LogP contribution in [0.1, 0.15) is 42.1 Å². The van der Waals surface area contributed by atoms with E-state index >= 15 is 0 Å². The highest BCUT2D eigenvalue weighted by molar-refractivity contribution is 5.96. The molecule has 2 aromatic heterocycles. The Bertz CT molecular complexity index is 738. The van der Waals surface area contributed by atoms with Crippen molar-refractivity contribution in [1.29, 1.82) is 0 Å². The minimum Gasteiger partial charge on any atom is -0.467 e. The summed E-state index contributed by atoms with van der Waals surface area (Å²) in [5.41, 5.74) is 2.06. The van der Waals surface area contributed by atoms with E-state index in [9.17, 15) is 9.59 Å². The lowest BCUT2D eigenvalue weighted by Crippen LogP contribution is -2.43. The van der Waals surface area contributed by atoms with E-state index in [1.165, 1.54) is 7.11 Å². The zero-order valence-electron chi connectivity index (χ0n) is 14.0. The maximum absolute atomic E-state index is 12.5. The molecular weight excluding hydrogens is 298 g/mol. The molecule has 2 heterocycles. The van der Waals surface area contributed by atoms with Gasteiger partial charge in [-0.2, -0.15) is 5.10 Å². The van der Waals surface area contributed by atoms with Crippen molar-refractivity contribution in [3.63, 3.8) is 0 Å². The van der Waals surface area contributed by atoms with Gasteiger partial charge < -0.3 is 10.1 Å². The highest BCUT2D eigenvalue weighted by Crippen LogP contribution is 2.11. The number of amides is 1. The number of hydrogen-bond acceptors (Lipinski definition) is 6. The predicted molar refractivity (Wildman–Crippen MR) is 83.0 cm³/mol. The molecule has 1 amide bonds. The monoisotopic (exact) mass is 319 g/mol. The van der Waals surface area contributed by atoms with Crippen LogP contribution in [-0.2, 0) is 9.53 Å². The van der Waals surface area contributed by atoms with Crippen molar-refractivity contribution in [3.05, 3.63) is 23.1 Å². The maximum Gasteiger partial charge on any atom is 0.328 e. The van der Waals surface area contributed by atoms with E-state index in [2.05, 4.69) is 20.6 Å². The molecule has 0 saturated heterocycles. The molecule has 1 N–H and O–H groups in total. The van der Waals surface area contributed by atoms with Crippen LogP contribution in [0.3, 0.4) is 0 Å². The van der Waals surface area contributed by atoms with Gasteiger partial charge in [0.1, 0.15) is 6.04 Å². The topological polar surface area (TPSA) is 98.5 Å². The van der Waals surface area contributed by atoms with Crippen molar-refractivity contribution in [2.24, 2.45) is 5.92 Å². The minimum atomic E-state index is -0.719. The van der Waals surface area contributed by atoms with Gasteiger partial charge in [-0.3, -0.25) is 4.79 Å². The Hall–Kier alpha value is -2.51. The maximum atomic E-state index is 12.5. The Kier molecular flexibility index (Phi) is 4.92. The summed E-state index contributed by atoms with van der Waals surface area (Å²) in [5, 5.41) is 14.9. The number of nitrogens with one attached hydrogen (secondary N) is 1. The third-order valence-corrected chi connectivity index (χ3v) is 3.44. The second-order valence-electron chi connectivity index (χ2n) is 5.87. The molecule has 0 saturated carbocycles. The molecule has 124 valence electrons. The quantitative estimate of drug-likeness (QED) is 0.827. The van der Waals surface area contributed by atoms with Crippen LogP contribution in [0.5, 0.6) is 0 Å². The molecule has 0 aliphatic rings. The molecule has 0 aliphatic carbocycles. The van der Waals surface area contributed by atoms with E-state index in [0.29, 0.717) is 17.8 Å². The number of carbonyl (C=O) groups is 2. The minimum absolute atomic E-state index is 0.137. The van der Waals surface area contributed by atoms with Gasteiger partial charge in [0.2, 0.25) is 0 Å². The summed E-state index contributed by atoms with van der Waals surface area (Å²) in [5.74, 6) is -0.724. The summed E-state index contributed by atoms with van der Waals surface area (Å²) < 4.78 is 6.31. The molecule has 0 spiro atoms. The standard InChI is InChI=1S/C15H21N5O3/c1-8(2)6-11(15(22)23-5)16-14(21)13-10(4)20-12(17-18-13)7-9(3)19-20/h7-8,11H,6H2,1-5H3,(H,16,21). The molecule has 1 unspecified atom stereocenters. The number of aryl methyl sites for hydroxylation is 2. The lowest BCUT2D eigenvalue weighted by Gasteiger charge is -2.18. The van der Waals surface area contributed by atoms with Crippen molar-refractivity contribution in [2.45, 2.75) is 40.2 Å². The zero-order chi connectivity index (χ0) is 17.1. The summed E-state index contributed by atoms with van der Waals surface area (Å²) >= 11 is 0. The first-order valence-electron chi connectivity index (χ1n) is 7.41. The summed E-state index contributed by atoms with van der Waals surface area (Å²) in [6.07, 6.45) is 0.480. The second kappa shape index (κ2) is 6.72. The number of nitrogens with zero attached hydrogens (tertiary/aromatic N) is 4. The average molecular weight is 319 g/mol. The second-order valence-corrected chi connectivity index (χ2v) is 5.87. The van der Waals surface area contributed by atoms with Gasteiger partial charge in [0, 0.05) is 6.07 Å². The lowest BCUT2D eigenvalue weighted by molar-refractivity contribution is -0.143. The molecule has 8 nitrogen and oxygen atoms in total. The Morgan fingerprint density at radius 1 is 1.30 bits per heavy atom. The fraction of sp³-hybridized carbons (Fsp3) is 0.533. The SMILES string of the molecule is COC(=O)C(CC(C)C)NC(=O)c1nnc2cc(C)nn2c1C. The number of carbonyl (C=O) groups excluding carboxylic acids is 2. The molecule has 0 radical (unpaired) electrons. The molecule has 1 atom stereocenters. The van der Waals surface area contributed by atoms with Gasteiger partial charge >= 0.3 is 5.97 Å². The summed E-state index contributed by atoms with van der Waals surface area (Å²) in [6.45, 7) is 7.50. The first-order chi connectivity index (χ1) is 10.8. The Morgan fingerprint density at radius 3 is 2.61 bits per heavy atom.